The van der Waals surface area contributed by atoms with E-state index in [0.29, 0.717) is 6.54 Å². The lowest BCUT2D eigenvalue weighted by atomic mass is 10.3. The van der Waals surface area contributed by atoms with Crippen LogP contribution in [0.2, 0.25) is 0 Å². The van der Waals surface area contributed by atoms with Gasteiger partial charge in [0.25, 0.3) is 10.0 Å². The van der Waals surface area contributed by atoms with Crippen LogP contribution in [-0.4, -0.2) is 18.2 Å². The van der Waals surface area contributed by atoms with Gasteiger partial charge in [0, 0.05) is 18.8 Å². The van der Waals surface area contributed by atoms with E-state index in [1.54, 1.807) is 0 Å². The fourth-order valence-corrected chi connectivity index (χ4v) is 2.86. The number of aromatic nitrogens is 2. The zero-order valence-corrected chi connectivity index (χ0v) is 12.0. The number of hydrogen-bond donors (Lipinski definition) is 2. The van der Waals surface area contributed by atoms with Crippen LogP contribution in [0.3, 0.4) is 0 Å². The number of anilines is 2. The second-order valence-electron chi connectivity index (χ2n) is 4.38. The van der Waals surface area contributed by atoms with Gasteiger partial charge in [-0.2, -0.15) is 5.10 Å². The number of nitrogen functional groups attached to an aromatic ring is 1. The summed E-state index contributed by atoms with van der Waals surface area (Å²) in [5.74, 6) is -2.36. The molecular formula is C12H14F2N4O2S. The Morgan fingerprint density at radius 1 is 1.33 bits per heavy atom. The van der Waals surface area contributed by atoms with Crippen molar-refractivity contribution in [2.24, 2.45) is 0 Å². The van der Waals surface area contributed by atoms with Gasteiger partial charge in [-0.05, 0) is 18.6 Å². The fraction of sp³-hybridized carbons (Fsp3) is 0.250. The lowest BCUT2D eigenvalue weighted by Gasteiger charge is -2.07. The second kappa shape index (κ2) is 5.68. The van der Waals surface area contributed by atoms with Gasteiger partial charge in [0.1, 0.15) is 4.90 Å². The first-order valence-electron chi connectivity index (χ1n) is 6.14. The van der Waals surface area contributed by atoms with E-state index in [4.69, 9.17) is 5.73 Å². The van der Waals surface area contributed by atoms with Crippen molar-refractivity contribution < 1.29 is 17.2 Å². The van der Waals surface area contributed by atoms with Gasteiger partial charge in [-0.15, -0.1) is 0 Å². The molecule has 2 aromatic rings. The van der Waals surface area contributed by atoms with Crippen molar-refractivity contribution in [3.05, 3.63) is 36.0 Å². The monoisotopic (exact) mass is 316 g/mol. The number of sulfonamides is 1. The van der Waals surface area contributed by atoms with E-state index in [1.807, 2.05) is 6.92 Å². The van der Waals surface area contributed by atoms with Crippen molar-refractivity contribution in [1.29, 1.82) is 0 Å². The molecule has 3 N–H and O–H groups in total. The van der Waals surface area contributed by atoms with E-state index in [0.717, 1.165) is 24.6 Å². The molecule has 2 rings (SSSR count). The summed E-state index contributed by atoms with van der Waals surface area (Å²) in [6.07, 6.45) is 2.05. The van der Waals surface area contributed by atoms with Gasteiger partial charge in [-0.3, -0.25) is 9.40 Å². The number of aryl methyl sites for hydroxylation is 1. The molecule has 114 valence electrons. The smallest absolute Gasteiger partial charge is 0.267 e. The van der Waals surface area contributed by atoms with Crippen LogP contribution in [0.4, 0.5) is 20.3 Å². The van der Waals surface area contributed by atoms with Crippen molar-refractivity contribution in [3.8, 4) is 0 Å². The number of rotatable bonds is 5. The van der Waals surface area contributed by atoms with E-state index < -0.39 is 21.7 Å². The molecule has 1 heterocycles. The third-order valence-electron chi connectivity index (χ3n) is 2.67. The van der Waals surface area contributed by atoms with Crippen LogP contribution < -0.4 is 10.5 Å². The summed E-state index contributed by atoms with van der Waals surface area (Å²) in [5.41, 5.74) is 5.48. The Kier molecular flexibility index (Phi) is 4.12. The molecule has 0 aliphatic rings. The van der Waals surface area contributed by atoms with Gasteiger partial charge in [-0.25, -0.2) is 17.2 Å². The zero-order valence-electron chi connectivity index (χ0n) is 11.2. The Labute approximate surface area is 120 Å². The molecule has 0 saturated carbocycles. The lowest BCUT2D eigenvalue weighted by Crippen LogP contribution is -2.14. The summed E-state index contributed by atoms with van der Waals surface area (Å²) in [6, 6.07) is 2.69. The number of benzene rings is 1. The van der Waals surface area contributed by atoms with Gasteiger partial charge in [0.15, 0.2) is 17.5 Å². The average Bonchev–Trinajstić information content (AvgIpc) is 2.76. The number of hydrogen-bond acceptors (Lipinski definition) is 4. The molecule has 0 atom stereocenters. The third kappa shape index (κ3) is 3.30. The van der Waals surface area contributed by atoms with Crippen molar-refractivity contribution in [2.45, 2.75) is 24.8 Å². The Morgan fingerprint density at radius 2 is 2.05 bits per heavy atom. The molecule has 0 radical (unpaired) electrons. The molecule has 0 unspecified atom stereocenters. The van der Waals surface area contributed by atoms with Crippen molar-refractivity contribution in [2.75, 3.05) is 10.5 Å². The molecule has 0 fully saturated rings. The maximum atomic E-state index is 13.1. The maximum Gasteiger partial charge on any atom is 0.267 e. The molecule has 1 aromatic carbocycles. The number of nitrogens with zero attached hydrogens (tertiary/aromatic N) is 2. The van der Waals surface area contributed by atoms with Crippen LogP contribution in [0.1, 0.15) is 13.3 Å². The number of nitrogens with one attached hydrogen (secondary N) is 1. The van der Waals surface area contributed by atoms with Gasteiger partial charge >= 0.3 is 0 Å². The zero-order chi connectivity index (χ0) is 15.6. The molecule has 0 aliphatic carbocycles. The van der Waals surface area contributed by atoms with Crippen LogP contribution in [0.5, 0.6) is 0 Å². The molecule has 0 spiro atoms. The predicted octanol–water partition coefficient (Wildman–Crippen LogP) is 1.95. The summed E-state index contributed by atoms with van der Waals surface area (Å²) in [4.78, 5) is -0.208. The molecule has 6 nitrogen and oxygen atoms in total. The first kappa shape index (κ1) is 15.2. The Hall–Kier alpha value is -2.16. The molecule has 0 saturated heterocycles. The minimum Gasteiger partial charge on any atom is -0.381 e. The molecule has 0 aliphatic heterocycles. The highest BCUT2D eigenvalue weighted by molar-refractivity contribution is 7.92. The highest BCUT2D eigenvalue weighted by Gasteiger charge is 2.21. The first-order valence-corrected chi connectivity index (χ1v) is 7.62. The van der Waals surface area contributed by atoms with E-state index in [-0.39, 0.29) is 16.4 Å². The van der Waals surface area contributed by atoms with Gasteiger partial charge in [0.05, 0.1) is 5.69 Å². The summed E-state index contributed by atoms with van der Waals surface area (Å²) < 4.78 is 53.8. The van der Waals surface area contributed by atoms with E-state index >= 15 is 0 Å². The van der Waals surface area contributed by atoms with Crippen LogP contribution in [0, 0.1) is 11.6 Å². The highest BCUT2D eigenvalue weighted by atomic mass is 32.2. The van der Waals surface area contributed by atoms with Gasteiger partial charge in [0.2, 0.25) is 0 Å². The predicted molar refractivity (Wildman–Crippen MR) is 74.1 cm³/mol. The minimum absolute atomic E-state index is 0.100. The average molecular weight is 316 g/mol. The minimum atomic E-state index is -4.02. The number of nitrogens with two attached hydrogens (primary N) is 1. The molecular weight excluding hydrogens is 302 g/mol. The fourth-order valence-electron chi connectivity index (χ4n) is 1.74. The third-order valence-corrected chi connectivity index (χ3v) is 4.07. The standard InChI is InChI=1S/C12H14F2N4O2S/c1-2-5-18-7-11(12(15)16-18)21(19,20)17-8-3-4-9(13)10(14)6-8/h3-4,6-7,17H,2,5H2,1H3,(H2,15,16). The normalized spacial score (nSPS) is 11.6. The van der Waals surface area contributed by atoms with E-state index in [2.05, 4.69) is 9.82 Å². The van der Waals surface area contributed by atoms with E-state index in [9.17, 15) is 17.2 Å². The Balaban J connectivity index is 2.31. The van der Waals surface area contributed by atoms with Gasteiger partial charge in [-0.1, -0.05) is 6.92 Å². The Bertz CT molecular complexity index is 759. The Morgan fingerprint density at radius 3 is 2.67 bits per heavy atom. The summed E-state index contributed by atoms with van der Waals surface area (Å²) in [5, 5.41) is 3.88. The quantitative estimate of drug-likeness (QED) is 0.882. The number of halogens is 2. The van der Waals surface area contributed by atoms with Crippen LogP contribution in [0.15, 0.2) is 29.3 Å². The van der Waals surface area contributed by atoms with Crippen LogP contribution in [0.25, 0.3) is 0 Å². The topological polar surface area (TPSA) is 90.0 Å². The highest BCUT2D eigenvalue weighted by Crippen LogP contribution is 2.21. The molecule has 9 heteroatoms. The van der Waals surface area contributed by atoms with Crippen molar-refractivity contribution in [1.82, 2.24) is 9.78 Å². The van der Waals surface area contributed by atoms with Crippen molar-refractivity contribution in [3.63, 3.8) is 0 Å². The molecule has 0 bridgehead atoms. The van der Waals surface area contributed by atoms with Crippen LogP contribution >= 0.6 is 0 Å². The second-order valence-corrected chi connectivity index (χ2v) is 6.03. The van der Waals surface area contributed by atoms with Gasteiger partial charge < -0.3 is 5.73 Å². The summed E-state index contributed by atoms with van der Waals surface area (Å²) >= 11 is 0. The SMILES string of the molecule is CCCn1cc(S(=O)(=O)Nc2ccc(F)c(F)c2)c(N)n1. The molecule has 21 heavy (non-hydrogen) atoms. The first-order chi connectivity index (χ1) is 9.83. The summed E-state index contributed by atoms with van der Waals surface area (Å²) in [6.45, 7) is 2.43. The lowest BCUT2D eigenvalue weighted by molar-refractivity contribution is 0.509. The van der Waals surface area contributed by atoms with E-state index in [1.165, 1.54) is 10.9 Å². The molecule has 1 aromatic heterocycles. The van der Waals surface area contributed by atoms with Crippen LogP contribution in [-0.2, 0) is 16.6 Å². The summed E-state index contributed by atoms with van der Waals surface area (Å²) in [7, 11) is -4.02. The molecule has 0 amide bonds. The maximum absolute atomic E-state index is 13.1. The largest absolute Gasteiger partial charge is 0.381 e. The van der Waals surface area contributed by atoms with Crippen molar-refractivity contribution >= 4 is 21.5 Å².